The van der Waals surface area contributed by atoms with Gasteiger partial charge < -0.3 is 10.0 Å². The van der Waals surface area contributed by atoms with Crippen LogP contribution in [0.25, 0.3) is 0 Å². The number of rotatable bonds is 1. The van der Waals surface area contributed by atoms with Crippen molar-refractivity contribution < 1.29 is 9.90 Å². The van der Waals surface area contributed by atoms with Crippen molar-refractivity contribution in [2.75, 3.05) is 0 Å². The maximum Gasteiger partial charge on any atom is 0.254 e. The second-order valence-electron chi connectivity index (χ2n) is 5.38. The number of hydrogen-bond acceptors (Lipinski definition) is 2. The highest BCUT2D eigenvalue weighted by atomic mass is 79.9. The van der Waals surface area contributed by atoms with Crippen LogP contribution in [0.15, 0.2) is 27.1 Å². The highest BCUT2D eigenvalue weighted by Gasteiger charge is 2.42. The molecular weight excluding hydrogens is 374 g/mol. The monoisotopic (exact) mass is 387 g/mol. The second-order valence-corrected chi connectivity index (χ2v) is 7.21. The fraction of sp³-hybridized carbons (Fsp3) is 0.500. The third-order valence-electron chi connectivity index (χ3n) is 4.05. The molecule has 2 fully saturated rings. The first-order valence-electron chi connectivity index (χ1n) is 6.51. The molecule has 3 nitrogen and oxygen atoms in total. The minimum absolute atomic E-state index is 0.0846. The van der Waals surface area contributed by atoms with E-state index in [1.165, 1.54) is 0 Å². The topological polar surface area (TPSA) is 40.5 Å². The number of carbonyl (C=O) groups excluding carboxylic acids is 1. The van der Waals surface area contributed by atoms with E-state index in [-0.39, 0.29) is 24.1 Å². The number of nitrogens with zero attached hydrogens (tertiary/aromatic N) is 1. The van der Waals surface area contributed by atoms with Gasteiger partial charge in [0.2, 0.25) is 0 Å². The molecule has 0 aliphatic carbocycles. The van der Waals surface area contributed by atoms with Gasteiger partial charge in [-0.2, -0.15) is 0 Å². The van der Waals surface area contributed by atoms with Gasteiger partial charge in [-0.1, -0.05) is 31.9 Å². The second kappa shape index (κ2) is 5.19. The molecule has 0 spiro atoms. The van der Waals surface area contributed by atoms with Crippen LogP contribution in [-0.4, -0.2) is 34.1 Å². The Morgan fingerprint density at radius 1 is 1.11 bits per heavy atom. The Morgan fingerprint density at radius 2 is 1.63 bits per heavy atom. The Labute approximate surface area is 129 Å². The number of aliphatic hydroxyl groups excluding tert-OH is 1. The summed E-state index contributed by atoms with van der Waals surface area (Å²) in [6.45, 7) is 0. The first-order chi connectivity index (χ1) is 9.04. The lowest BCUT2D eigenvalue weighted by atomic mass is 9.99. The Kier molecular flexibility index (Phi) is 3.71. The molecule has 2 aliphatic rings. The molecule has 19 heavy (non-hydrogen) atoms. The molecule has 2 aliphatic heterocycles. The Bertz CT molecular complexity index is 486. The van der Waals surface area contributed by atoms with Gasteiger partial charge in [-0.15, -0.1) is 0 Å². The van der Waals surface area contributed by atoms with Crippen molar-refractivity contribution in [1.82, 2.24) is 4.90 Å². The molecule has 2 atom stereocenters. The molecule has 3 rings (SSSR count). The zero-order chi connectivity index (χ0) is 13.6. The van der Waals surface area contributed by atoms with Gasteiger partial charge in [0.15, 0.2) is 0 Å². The molecule has 0 radical (unpaired) electrons. The maximum absolute atomic E-state index is 12.7. The van der Waals surface area contributed by atoms with Gasteiger partial charge in [0.1, 0.15) is 0 Å². The van der Waals surface area contributed by atoms with Crippen LogP contribution in [0, 0.1) is 0 Å². The van der Waals surface area contributed by atoms with Crippen LogP contribution < -0.4 is 0 Å². The van der Waals surface area contributed by atoms with Crippen LogP contribution in [0.3, 0.4) is 0 Å². The largest absolute Gasteiger partial charge is 0.393 e. The molecule has 1 aromatic carbocycles. The highest BCUT2D eigenvalue weighted by Crippen LogP contribution is 2.37. The normalized spacial score (nSPS) is 29.6. The summed E-state index contributed by atoms with van der Waals surface area (Å²) in [5, 5.41) is 9.80. The van der Waals surface area contributed by atoms with Crippen molar-refractivity contribution in [3.8, 4) is 0 Å². The van der Waals surface area contributed by atoms with E-state index in [1.54, 1.807) is 0 Å². The van der Waals surface area contributed by atoms with Crippen molar-refractivity contribution in [2.24, 2.45) is 0 Å². The van der Waals surface area contributed by atoms with Crippen molar-refractivity contribution in [2.45, 2.75) is 43.9 Å². The molecule has 2 saturated heterocycles. The quantitative estimate of drug-likeness (QED) is 0.801. The van der Waals surface area contributed by atoms with Gasteiger partial charge in [-0.05, 0) is 43.9 Å². The average molecular weight is 389 g/mol. The van der Waals surface area contributed by atoms with E-state index in [2.05, 4.69) is 31.9 Å². The van der Waals surface area contributed by atoms with Crippen LogP contribution >= 0.6 is 31.9 Å². The highest BCUT2D eigenvalue weighted by molar-refractivity contribution is 9.11. The van der Waals surface area contributed by atoms with Crippen LogP contribution in [0.4, 0.5) is 0 Å². The molecule has 2 unspecified atom stereocenters. The molecule has 5 heteroatoms. The van der Waals surface area contributed by atoms with Gasteiger partial charge in [-0.3, -0.25) is 4.79 Å². The van der Waals surface area contributed by atoms with E-state index >= 15 is 0 Å². The zero-order valence-electron chi connectivity index (χ0n) is 10.4. The number of amides is 1. The van der Waals surface area contributed by atoms with Crippen LogP contribution in [-0.2, 0) is 0 Å². The van der Waals surface area contributed by atoms with E-state index in [1.807, 2.05) is 23.1 Å². The molecule has 0 aromatic heterocycles. The number of halogens is 2. The van der Waals surface area contributed by atoms with Crippen molar-refractivity contribution in [3.63, 3.8) is 0 Å². The number of piperidine rings is 1. The summed E-state index contributed by atoms with van der Waals surface area (Å²) >= 11 is 6.84. The number of carbonyl (C=O) groups is 1. The van der Waals surface area contributed by atoms with Crippen LogP contribution in [0.5, 0.6) is 0 Å². The SMILES string of the molecule is O=C(c1cc(Br)cc(Br)c1)N1C2CCC1CC(O)C2. The molecule has 1 aromatic rings. The van der Waals surface area contributed by atoms with Gasteiger partial charge in [0, 0.05) is 26.6 Å². The van der Waals surface area contributed by atoms with Crippen LogP contribution in [0.2, 0.25) is 0 Å². The number of aliphatic hydroxyl groups is 1. The van der Waals surface area contributed by atoms with E-state index < -0.39 is 0 Å². The smallest absolute Gasteiger partial charge is 0.254 e. The van der Waals surface area contributed by atoms with Gasteiger partial charge in [0.05, 0.1) is 6.10 Å². The Balaban J connectivity index is 1.88. The number of hydrogen-bond donors (Lipinski definition) is 1. The Morgan fingerprint density at radius 3 is 2.16 bits per heavy atom. The number of benzene rings is 1. The van der Waals surface area contributed by atoms with E-state index in [9.17, 15) is 9.90 Å². The van der Waals surface area contributed by atoms with E-state index in [4.69, 9.17) is 0 Å². The summed E-state index contributed by atoms with van der Waals surface area (Å²) in [5.74, 6) is 0.0846. The third kappa shape index (κ3) is 2.60. The van der Waals surface area contributed by atoms with E-state index in [0.717, 1.165) is 34.6 Å². The molecular formula is C14H15Br2NO2. The summed E-state index contributed by atoms with van der Waals surface area (Å²) in [6, 6.07) is 6.05. The molecule has 0 saturated carbocycles. The summed E-state index contributed by atoms with van der Waals surface area (Å²) in [4.78, 5) is 14.7. The predicted molar refractivity (Wildman–Crippen MR) is 80.1 cm³/mol. The maximum atomic E-state index is 12.7. The zero-order valence-corrected chi connectivity index (χ0v) is 13.5. The average Bonchev–Trinajstić information content (AvgIpc) is 2.59. The molecule has 1 amide bonds. The van der Waals surface area contributed by atoms with Crippen molar-refractivity contribution >= 4 is 37.8 Å². The van der Waals surface area contributed by atoms with E-state index in [0.29, 0.717) is 5.56 Å². The van der Waals surface area contributed by atoms with Gasteiger partial charge >= 0.3 is 0 Å². The predicted octanol–water partition coefficient (Wildman–Crippen LogP) is 3.34. The summed E-state index contributed by atoms with van der Waals surface area (Å²) in [6.07, 6.45) is 3.23. The molecule has 102 valence electrons. The fourth-order valence-electron chi connectivity index (χ4n) is 3.31. The molecule has 2 bridgehead atoms. The minimum atomic E-state index is -0.240. The van der Waals surface area contributed by atoms with Crippen molar-refractivity contribution in [1.29, 1.82) is 0 Å². The standard InChI is InChI=1S/C14H15Br2NO2/c15-9-3-8(4-10(16)5-9)14(19)17-11-1-2-12(17)7-13(18)6-11/h3-5,11-13,18H,1-2,6-7H2. The first kappa shape index (κ1) is 13.6. The lowest BCUT2D eigenvalue weighted by molar-refractivity contribution is 0.0287. The number of fused-ring (bicyclic) bond motifs is 2. The lowest BCUT2D eigenvalue weighted by Crippen LogP contribution is -2.48. The summed E-state index contributed by atoms with van der Waals surface area (Å²) in [7, 11) is 0. The van der Waals surface area contributed by atoms with Gasteiger partial charge in [0.25, 0.3) is 5.91 Å². The van der Waals surface area contributed by atoms with Crippen LogP contribution in [0.1, 0.15) is 36.0 Å². The lowest BCUT2D eigenvalue weighted by Gasteiger charge is -2.37. The Hall–Kier alpha value is -0.390. The fourth-order valence-corrected chi connectivity index (χ4v) is 4.60. The molecule has 1 N–H and O–H groups in total. The molecule has 2 heterocycles. The van der Waals surface area contributed by atoms with Gasteiger partial charge in [-0.25, -0.2) is 0 Å². The summed E-state index contributed by atoms with van der Waals surface area (Å²) in [5.41, 5.74) is 0.703. The minimum Gasteiger partial charge on any atom is -0.393 e. The van der Waals surface area contributed by atoms with Crippen molar-refractivity contribution in [3.05, 3.63) is 32.7 Å². The third-order valence-corrected chi connectivity index (χ3v) is 4.97. The first-order valence-corrected chi connectivity index (χ1v) is 8.10. The summed E-state index contributed by atoms with van der Waals surface area (Å²) < 4.78 is 1.80.